The first-order chi connectivity index (χ1) is 12.2. The predicted octanol–water partition coefficient (Wildman–Crippen LogP) is 4.22. The molecule has 1 saturated heterocycles. The van der Waals surface area contributed by atoms with Crippen molar-refractivity contribution in [2.24, 2.45) is 0 Å². The van der Waals surface area contributed by atoms with Gasteiger partial charge in [0.1, 0.15) is 23.0 Å². The number of rotatable bonds is 1. The van der Waals surface area contributed by atoms with Crippen LogP contribution in [0.2, 0.25) is 0 Å². The van der Waals surface area contributed by atoms with Gasteiger partial charge in [0.15, 0.2) is 0 Å². The highest BCUT2D eigenvalue weighted by Crippen LogP contribution is 2.28. The number of hydrogen-bond acceptors (Lipinski definition) is 4. The van der Waals surface area contributed by atoms with Crippen LogP contribution in [0.4, 0.5) is 9.18 Å². The number of piperidine rings is 1. The number of likely N-dealkylation sites (tertiary alicyclic amines) is 1. The molecule has 6 nitrogen and oxygen atoms in total. The van der Waals surface area contributed by atoms with Crippen molar-refractivity contribution < 1.29 is 13.9 Å². The van der Waals surface area contributed by atoms with Gasteiger partial charge in [0.25, 0.3) is 5.56 Å². The van der Waals surface area contributed by atoms with Crippen LogP contribution in [0, 0.1) is 5.82 Å². The summed E-state index contributed by atoms with van der Waals surface area (Å²) in [6.07, 6.45) is 2.63. The summed E-state index contributed by atoms with van der Waals surface area (Å²) in [6, 6.07) is 2.83. The van der Waals surface area contributed by atoms with Crippen molar-refractivity contribution in [1.29, 1.82) is 0 Å². The molecule has 1 aromatic heterocycles. The SMILES string of the molecule is CC(C)(C)OC(=O)N1CCCCC1n1cnc2cc(Br)cc(F)c2c1=O. The number of carbonyl (C=O) groups is 1. The van der Waals surface area contributed by atoms with E-state index in [0.29, 0.717) is 17.4 Å². The molecule has 1 aliphatic heterocycles. The van der Waals surface area contributed by atoms with Gasteiger partial charge in [-0.1, -0.05) is 15.9 Å². The third-order valence-corrected chi connectivity index (χ3v) is 4.68. The van der Waals surface area contributed by atoms with Crippen LogP contribution in [0.25, 0.3) is 10.9 Å². The maximum atomic E-state index is 14.3. The number of nitrogens with zero attached hydrogens (tertiary/aromatic N) is 3. The normalized spacial score (nSPS) is 18.2. The minimum absolute atomic E-state index is 0.0783. The zero-order valence-corrected chi connectivity index (χ0v) is 16.5. The topological polar surface area (TPSA) is 64.4 Å². The fourth-order valence-corrected chi connectivity index (χ4v) is 3.55. The molecule has 3 rings (SSSR count). The Hall–Kier alpha value is -1.96. The zero-order chi connectivity index (χ0) is 19.1. The lowest BCUT2D eigenvalue weighted by atomic mass is 10.1. The molecule has 2 heterocycles. The van der Waals surface area contributed by atoms with Crippen molar-refractivity contribution in [2.45, 2.75) is 51.8 Å². The van der Waals surface area contributed by atoms with E-state index in [-0.39, 0.29) is 10.9 Å². The minimum atomic E-state index is -0.638. The second-order valence-electron chi connectivity index (χ2n) is 7.39. The van der Waals surface area contributed by atoms with Gasteiger partial charge in [-0.3, -0.25) is 14.3 Å². The molecule has 0 saturated carbocycles. The smallest absolute Gasteiger partial charge is 0.411 e. The first kappa shape index (κ1) is 18.8. The maximum Gasteiger partial charge on any atom is 0.411 e. The summed E-state index contributed by atoms with van der Waals surface area (Å²) in [4.78, 5) is 31.2. The Kier molecular flexibility index (Phi) is 5.05. The predicted molar refractivity (Wildman–Crippen MR) is 99.5 cm³/mol. The highest BCUT2D eigenvalue weighted by molar-refractivity contribution is 9.10. The first-order valence-electron chi connectivity index (χ1n) is 8.53. The quantitative estimate of drug-likeness (QED) is 0.685. The van der Waals surface area contributed by atoms with E-state index in [2.05, 4.69) is 20.9 Å². The number of ether oxygens (including phenoxy) is 1. The zero-order valence-electron chi connectivity index (χ0n) is 15.0. The lowest BCUT2D eigenvalue weighted by Gasteiger charge is -2.37. The fourth-order valence-electron chi connectivity index (χ4n) is 3.13. The van der Waals surface area contributed by atoms with Crippen molar-refractivity contribution in [1.82, 2.24) is 14.5 Å². The summed E-state index contributed by atoms with van der Waals surface area (Å²) in [7, 11) is 0. The average Bonchev–Trinajstić information content (AvgIpc) is 2.53. The summed E-state index contributed by atoms with van der Waals surface area (Å²) in [5.41, 5.74) is -0.859. The second kappa shape index (κ2) is 6.98. The lowest BCUT2D eigenvalue weighted by molar-refractivity contribution is -0.00186. The van der Waals surface area contributed by atoms with Gasteiger partial charge in [0, 0.05) is 11.0 Å². The van der Waals surface area contributed by atoms with E-state index in [4.69, 9.17) is 4.74 Å². The van der Waals surface area contributed by atoms with E-state index < -0.39 is 29.2 Å². The largest absolute Gasteiger partial charge is 0.444 e. The highest BCUT2D eigenvalue weighted by atomic mass is 79.9. The van der Waals surface area contributed by atoms with Crippen LogP contribution >= 0.6 is 15.9 Å². The van der Waals surface area contributed by atoms with Gasteiger partial charge >= 0.3 is 6.09 Å². The highest BCUT2D eigenvalue weighted by Gasteiger charge is 2.32. The van der Waals surface area contributed by atoms with Crippen LogP contribution in [0.3, 0.4) is 0 Å². The molecule has 1 aromatic carbocycles. The average molecular weight is 426 g/mol. The van der Waals surface area contributed by atoms with Gasteiger partial charge in [0.05, 0.1) is 11.8 Å². The summed E-state index contributed by atoms with van der Waals surface area (Å²) in [5.74, 6) is -0.638. The molecule has 8 heteroatoms. The van der Waals surface area contributed by atoms with Crippen molar-refractivity contribution in [2.75, 3.05) is 6.54 Å². The molecule has 0 radical (unpaired) electrons. The standard InChI is InChI=1S/C18H21BrFN3O3/c1-18(2,3)26-17(25)22-7-5-4-6-14(22)23-10-21-13-9-11(19)8-12(20)15(13)16(23)24/h8-10,14H,4-7H2,1-3H3. The number of fused-ring (bicyclic) bond motifs is 1. The molecule has 2 aromatic rings. The molecular weight excluding hydrogens is 405 g/mol. The van der Waals surface area contributed by atoms with Gasteiger partial charge in [-0.05, 0) is 52.2 Å². The van der Waals surface area contributed by atoms with E-state index in [1.165, 1.54) is 21.9 Å². The number of halogens is 2. The van der Waals surface area contributed by atoms with Crippen molar-refractivity contribution in [3.63, 3.8) is 0 Å². The summed E-state index contributed by atoms with van der Waals surface area (Å²) in [5, 5.41) is -0.0783. The first-order valence-corrected chi connectivity index (χ1v) is 9.32. The minimum Gasteiger partial charge on any atom is -0.444 e. The Bertz CT molecular complexity index is 907. The van der Waals surface area contributed by atoms with E-state index in [0.717, 1.165) is 12.8 Å². The van der Waals surface area contributed by atoms with Crippen LogP contribution in [0.15, 0.2) is 27.7 Å². The second-order valence-corrected chi connectivity index (χ2v) is 8.30. The molecule has 26 heavy (non-hydrogen) atoms. The van der Waals surface area contributed by atoms with Crippen LogP contribution in [0.5, 0.6) is 0 Å². The summed E-state index contributed by atoms with van der Waals surface area (Å²) >= 11 is 3.20. The summed E-state index contributed by atoms with van der Waals surface area (Å²) < 4.78 is 21.7. The Balaban J connectivity index is 2.04. The molecule has 1 fully saturated rings. The van der Waals surface area contributed by atoms with Crippen LogP contribution in [-0.2, 0) is 4.74 Å². The number of benzene rings is 1. The Labute approximate surface area is 159 Å². The third kappa shape index (κ3) is 3.75. The van der Waals surface area contributed by atoms with Crippen molar-refractivity contribution >= 4 is 32.9 Å². The third-order valence-electron chi connectivity index (χ3n) is 4.22. The number of amides is 1. The van der Waals surface area contributed by atoms with Crippen molar-refractivity contribution in [3.05, 3.63) is 39.1 Å². The summed E-state index contributed by atoms with van der Waals surface area (Å²) in [6.45, 7) is 5.86. The van der Waals surface area contributed by atoms with Gasteiger partial charge in [-0.15, -0.1) is 0 Å². The molecule has 1 amide bonds. The van der Waals surface area contributed by atoms with E-state index >= 15 is 0 Å². The Morgan fingerprint density at radius 1 is 1.35 bits per heavy atom. The molecule has 0 N–H and O–H groups in total. The molecule has 1 unspecified atom stereocenters. The molecule has 0 bridgehead atoms. The molecular formula is C18H21BrFN3O3. The van der Waals surface area contributed by atoms with E-state index in [1.54, 1.807) is 26.8 Å². The maximum absolute atomic E-state index is 14.3. The fraction of sp³-hybridized carbons (Fsp3) is 0.500. The number of aromatic nitrogens is 2. The van der Waals surface area contributed by atoms with Crippen LogP contribution in [-0.4, -0.2) is 32.7 Å². The molecule has 0 aliphatic carbocycles. The lowest BCUT2D eigenvalue weighted by Crippen LogP contribution is -2.46. The van der Waals surface area contributed by atoms with Gasteiger partial charge < -0.3 is 4.74 Å². The molecule has 1 atom stereocenters. The molecule has 140 valence electrons. The van der Waals surface area contributed by atoms with E-state index in [1.807, 2.05) is 0 Å². The van der Waals surface area contributed by atoms with Crippen LogP contribution in [0.1, 0.15) is 46.2 Å². The number of hydrogen-bond donors (Lipinski definition) is 0. The van der Waals surface area contributed by atoms with Crippen molar-refractivity contribution in [3.8, 4) is 0 Å². The van der Waals surface area contributed by atoms with Gasteiger partial charge in [-0.25, -0.2) is 14.2 Å². The van der Waals surface area contributed by atoms with E-state index in [9.17, 15) is 14.0 Å². The monoisotopic (exact) mass is 425 g/mol. The Morgan fingerprint density at radius 2 is 2.08 bits per heavy atom. The molecule has 1 aliphatic rings. The van der Waals surface area contributed by atoms with Gasteiger partial charge in [0.2, 0.25) is 0 Å². The van der Waals surface area contributed by atoms with Gasteiger partial charge in [-0.2, -0.15) is 0 Å². The Morgan fingerprint density at radius 3 is 2.77 bits per heavy atom. The number of carbonyl (C=O) groups excluding carboxylic acids is 1. The molecule has 0 spiro atoms. The van der Waals surface area contributed by atoms with Crippen LogP contribution < -0.4 is 5.56 Å².